The second-order valence-electron chi connectivity index (χ2n) is 3.93. The molecule has 0 atom stereocenters. The molecule has 0 fully saturated rings. The third kappa shape index (κ3) is 2.50. The summed E-state index contributed by atoms with van der Waals surface area (Å²) in [5, 5.41) is 13.6. The number of aryl methyl sites for hydroxylation is 1. The highest BCUT2D eigenvalue weighted by atomic mass is 16.4. The zero-order valence-corrected chi connectivity index (χ0v) is 9.38. The van der Waals surface area contributed by atoms with Crippen LogP contribution >= 0.6 is 0 Å². The number of hydrazone groups is 1. The van der Waals surface area contributed by atoms with Gasteiger partial charge in [-0.15, -0.1) is 0 Å². The summed E-state index contributed by atoms with van der Waals surface area (Å²) < 4.78 is 0. The summed E-state index contributed by atoms with van der Waals surface area (Å²) in [5.74, 6) is -1.34. The van der Waals surface area contributed by atoms with Crippen LogP contribution in [0.25, 0.3) is 0 Å². The van der Waals surface area contributed by atoms with Gasteiger partial charge in [0.2, 0.25) is 5.91 Å². The van der Waals surface area contributed by atoms with Crippen LogP contribution in [0, 0.1) is 6.92 Å². The van der Waals surface area contributed by atoms with E-state index in [1.807, 2.05) is 31.2 Å². The average molecular weight is 232 g/mol. The summed E-state index contributed by atoms with van der Waals surface area (Å²) in [7, 11) is 0. The number of benzene rings is 1. The molecule has 0 saturated heterocycles. The minimum absolute atomic E-state index is 0.163. The van der Waals surface area contributed by atoms with Crippen LogP contribution in [0.5, 0.6) is 0 Å². The van der Waals surface area contributed by atoms with Crippen LogP contribution in [0.15, 0.2) is 29.4 Å². The predicted octanol–water partition coefficient (Wildman–Crippen LogP) is 1.02. The lowest BCUT2D eigenvalue weighted by molar-refractivity contribution is -0.143. The molecule has 5 nitrogen and oxygen atoms in total. The molecule has 17 heavy (non-hydrogen) atoms. The molecule has 1 aliphatic heterocycles. The van der Waals surface area contributed by atoms with Gasteiger partial charge in [0.05, 0.1) is 12.1 Å². The second-order valence-corrected chi connectivity index (χ2v) is 3.93. The summed E-state index contributed by atoms with van der Waals surface area (Å²) in [4.78, 5) is 22.0. The maximum absolute atomic E-state index is 11.5. The first-order valence-corrected chi connectivity index (χ1v) is 5.23. The van der Waals surface area contributed by atoms with E-state index >= 15 is 0 Å². The Kier molecular flexibility index (Phi) is 2.91. The van der Waals surface area contributed by atoms with Crippen molar-refractivity contribution in [3.63, 3.8) is 0 Å². The molecule has 0 aromatic heterocycles. The molecule has 0 saturated carbocycles. The monoisotopic (exact) mass is 232 g/mol. The van der Waals surface area contributed by atoms with E-state index in [1.54, 1.807) is 0 Å². The van der Waals surface area contributed by atoms with Gasteiger partial charge in [-0.1, -0.05) is 29.8 Å². The SMILES string of the molecule is Cc1ccc(C2=NN(CC(=O)O)C(=O)C2)cc1. The molecular weight excluding hydrogens is 220 g/mol. The highest BCUT2D eigenvalue weighted by Crippen LogP contribution is 2.15. The first kappa shape index (κ1) is 11.3. The number of carbonyl (C=O) groups is 2. The normalized spacial score (nSPS) is 15.0. The second kappa shape index (κ2) is 4.37. The fourth-order valence-electron chi connectivity index (χ4n) is 1.63. The Bertz CT molecular complexity index is 491. The minimum atomic E-state index is -1.06. The highest BCUT2D eigenvalue weighted by Gasteiger charge is 2.26. The first-order valence-electron chi connectivity index (χ1n) is 5.23. The number of amides is 1. The molecule has 1 heterocycles. The molecule has 1 aliphatic rings. The molecule has 1 aromatic rings. The molecule has 0 bridgehead atoms. The molecule has 1 aromatic carbocycles. The lowest BCUT2D eigenvalue weighted by Gasteiger charge is -2.06. The van der Waals surface area contributed by atoms with Crippen LogP contribution in [0.3, 0.4) is 0 Å². The van der Waals surface area contributed by atoms with Crippen molar-refractivity contribution in [1.29, 1.82) is 0 Å². The molecule has 2 rings (SSSR count). The van der Waals surface area contributed by atoms with Crippen LogP contribution in [0.1, 0.15) is 17.5 Å². The number of rotatable bonds is 3. The van der Waals surface area contributed by atoms with E-state index < -0.39 is 5.97 Å². The number of carboxylic acid groups (broad SMARTS) is 1. The maximum atomic E-state index is 11.5. The standard InChI is InChI=1S/C12H12N2O3/c1-8-2-4-9(5-3-8)10-6-11(15)14(13-10)7-12(16)17/h2-5H,6-7H2,1H3,(H,16,17). The zero-order valence-electron chi connectivity index (χ0n) is 9.38. The molecule has 88 valence electrons. The van der Waals surface area contributed by atoms with E-state index in [1.165, 1.54) is 0 Å². The predicted molar refractivity (Wildman–Crippen MR) is 61.7 cm³/mol. The fraction of sp³-hybridized carbons (Fsp3) is 0.250. The summed E-state index contributed by atoms with van der Waals surface area (Å²) >= 11 is 0. The summed E-state index contributed by atoms with van der Waals surface area (Å²) in [5.41, 5.74) is 2.61. The smallest absolute Gasteiger partial charge is 0.325 e. The molecule has 0 aliphatic carbocycles. The third-order valence-electron chi connectivity index (χ3n) is 2.52. The van der Waals surface area contributed by atoms with Gasteiger partial charge in [-0.05, 0) is 12.5 Å². The van der Waals surface area contributed by atoms with Crippen molar-refractivity contribution in [1.82, 2.24) is 5.01 Å². The first-order chi connectivity index (χ1) is 8.06. The lowest BCUT2D eigenvalue weighted by Crippen LogP contribution is -2.27. The molecule has 0 unspecified atom stereocenters. The lowest BCUT2D eigenvalue weighted by atomic mass is 10.1. The molecule has 0 radical (unpaired) electrons. The van der Waals surface area contributed by atoms with Crippen molar-refractivity contribution in [2.75, 3.05) is 6.54 Å². The number of carbonyl (C=O) groups excluding carboxylic acids is 1. The van der Waals surface area contributed by atoms with Gasteiger partial charge in [-0.3, -0.25) is 9.59 Å². The number of aliphatic carboxylic acids is 1. The van der Waals surface area contributed by atoms with Crippen LogP contribution in [-0.4, -0.2) is 34.2 Å². The van der Waals surface area contributed by atoms with Crippen LogP contribution in [0.2, 0.25) is 0 Å². The van der Waals surface area contributed by atoms with Crippen molar-refractivity contribution in [3.8, 4) is 0 Å². The van der Waals surface area contributed by atoms with E-state index in [0.29, 0.717) is 5.71 Å². The van der Waals surface area contributed by atoms with Gasteiger partial charge in [0.1, 0.15) is 6.54 Å². The topological polar surface area (TPSA) is 70.0 Å². The van der Waals surface area contributed by atoms with Gasteiger partial charge in [0, 0.05) is 0 Å². The van der Waals surface area contributed by atoms with Gasteiger partial charge in [-0.25, -0.2) is 5.01 Å². The van der Waals surface area contributed by atoms with Crippen LogP contribution in [-0.2, 0) is 9.59 Å². The largest absolute Gasteiger partial charge is 0.480 e. The van der Waals surface area contributed by atoms with Gasteiger partial charge in [0.15, 0.2) is 0 Å². The minimum Gasteiger partial charge on any atom is -0.480 e. The Balaban J connectivity index is 2.20. The summed E-state index contributed by atoms with van der Waals surface area (Å²) in [6.07, 6.45) is 0.163. The third-order valence-corrected chi connectivity index (χ3v) is 2.52. The van der Waals surface area contributed by atoms with E-state index in [2.05, 4.69) is 5.10 Å². The van der Waals surface area contributed by atoms with E-state index in [4.69, 9.17) is 5.11 Å². The summed E-state index contributed by atoms with van der Waals surface area (Å²) in [6.45, 7) is 1.59. The van der Waals surface area contributed by atoms with E-state index in [-0.39, 0.29) is 18.9 Å². The van der Waals surface area contributed by atoms with Crippen molar-refractivity contribution >= 4 is 17.6 Å². The number of hydrogen-bond acceptors (Lipinski definition) is 3. The Labute approximate surface area is 98.4 Å². The Morgan fingerprint density at radius 3 is 2.65 bits per heavy atom. The van der Waals surface area contributed by atoms with Crippen LogP contribution in [0.4, 0.5) is 0 Å². The Morgan fingerprint density at radius 1 is 1.41 bits per heavy atom. The molecule has 0 spiro atoms. The maximum Gasteiger partial charge on any atom is 0.325 e. The number of nitrogens with zero attached hydrogens (tertiary/aromatic N) is 2. The highest BCUT2D eigenvalue weighted by molar-refractivity contribution is 6.14. The molecular formula is C12H12N2O3. The zero-order chi connectivity index (χ0) is 12.4. The Hall–Kier alpha value is -2.17. The van der Waals surface area contributed by atoms with Crippen molar-refractivity contribution in [2.24, 2.45) is 5.10 Å². The van der Waals surface area contributed by atoms with Crippen molar-refractivity contribution in [3.05, 3.63) is 35.4 Å². The number of carboxylic acids is 1. The average Bonchev–Trinajstić information content (AvgIpc) is 2.60. The van der Waals surface area contributed by atoms with E-state index in [9.17, 15) is 9.59 Å². The van der Waals surface area contributed by atoms with Gasteiger partial charge >= 0.3 is 5.97 Å². The fourth-order valence-corrected chi connectivity index (χ4v) is 1.63. The molecule has 1 N–H and O–H groups in total. The van der Waals surface area contributed by atoms with Crippen LogP contribution < -0.4 is 0 Å². The van der Waals surface area contributed by atoms with Gasteiger partial charge < -0.3 is 5.11 Å². The van der Waals surface area contributed by atoms with Crippen molar-refractivity contribution in [2.45, 2.75) is 13.3 Å². The number of hydrogen-bond donors (Lipinski definition) is 1. The molecule has 5 heteroatoms. The Morgan fingerprint density at radius 2 is 2.06 bits per heavy atom. The molecule has 1 amide bonds. The van der Waals surface area contributed by atoms with Gasteiger partial charge in [0.25, 0.3) is 0 Å². The summed E-state index contributed by atoms with van der Waals surface area (Å²) in [6, 6.07) is 7.63. The quantitative estimate of drug-likeness (QED) is 0.845. The van der Waals surface area contributed by atoms with E-state index in [0.717, 1.165) is 16.1 Å². The van der Waals surface area contributed by atoms with Crippen molar-refractivity contribution < 1.29 is 14.7 Å². The van der Waals surface area contributed by atoms with Gasteiger partial charge in [-0.2, -0.15) is 5.10 Å².